The van der Waals surface area contributed by atoms with Crippen LogP contribution in [0.3, 0.4) is 0 Å². The lowest BCUT2D eigenvalue weighted by Gasteiger charge is -2.31. The quantitative estimate of drug-likeness (QED) is 0.304. The van der Waals surface area contributed by atoms with Crippen molar-refractivity contribution in [1.82, 2.24) is 15.1 Å². The Bertz CT molecular complexity index is 1150. The lowest BCUT2D eigenvalue weighted by Crippen LogP contribution is -2.49. The fourth-order valence-corrected chi connectivity index (χ4v) is 4.43. The van der Waals surface area contributed by atoms with E-state index in [1.165, 1.54) is 0 Å². The number of nitrogens with zero attached hydrogens (tertiary/aromatic N) is 2. The van der Waals surface area contributed by atoms with Gasteiger partial charge >= 0.3 is 6.03 Å². The summed E-state index contributed by atoms with van der Waals surface area (Å²) in [5.41, 5.74) is 2.74. The fraction of sp³-hybridized carbons (Fsp3) is 0.280. The van der Waals surface area contributed by atoms with Crippen LogP contribution in [-0.4, -0.2) is 21.4 Å². The van der Waals surface area contributed by atoms with Gasteiger partial charge in [-0.1, -0.05) is 66.9 Å². The second-order valence-corrected chi connectivity index (χ2v) is 9.18. The minimum atomic E-state index is -0.360. The van der Waals surface area contributed by atoms with Crippen molar-refractivity contribution in [3.05, 3.63) is 75.8 Å². The van der Waals surface area contributed by atoms with Crippen LogP contribution in [0.15, 0.2) is 55.1 Å². The SMILES string of the molecule is C=CCC(CC)(CC)NC(=O)Nc1nn(-c2ccc(Cl)cc2Cl)c(-c2ccc(Cl)cc2)c1C. The predicted molar refractivity (Wildman–Crippen MR) is 139 cm³/mol. The molecule has 2 aromatic carbocycles. The molecule has 3 aromatic rings. The van der Waals surface area contributed by atoms with Crippen LogP contribution in [0.1, 0.15) is 38.7 Å². The summed E-state index contributed by atoms with van der Waals surface area (Å²) in [7, 11) is 0. The highest BCUT2D eigenvalue weighted by molar-refractivity contribution is 6.35. The third kappa shape index (κ3) is 5.55. The Morgan fingerprint density at radius 2 is 1.73 bits per heavy atom. The van der Waals surface area contributed by atoms with Gasteiger partial charge in [-0.05, 0) is 56.5 Å². The molecule has 8 heteroatoms. The van der Waals surface area contributed by atoms with E-state index in [1.807, 2.05) is 37.3 Å². The van der Waals surface area contributed by atoms with Crippen LogP contribution in [0.5, 0.6) is 0 Å². The number of hydrogen-bond acceptors (Lipinski definition) is 2. The molecule has 0 fully saturated rings. The molecule has 0 saturated heterocycles. The van der Waals surface area contributed by atoms with Gasteiger partial charge in [0.25, 0.3) is 0 Å². The maximum absolute atomic E-state index is 13.0. The molecule has 0 unspecified atom stereocenters. The molecule has 0 bridgehead atoms. The second-order valence-electron chi connectivity index (χ2n) is 7.90. The number of carbonyl (C=O) groups is 1. The van der Waals surface area contributed by atoms with Crippen molar-refractivity contribution in [3.8, 4) is 16.9 Å². The summed E-state index contributed by atoms with van der Waals surface area (Å²) in [6, 6.07) is 12.3. The Labute approximate surface area is 209 Å². The largest absolute Gasteiger partial charge is 0.332 e. The minimum Gasteiger partial charge on any atom is -0.332 e. The summed E-state index contributed by atoms with van der Waals surface area (Å²) in [6.07, 6.45) is 4.07. The molecule has 1 heterocycles. The molecule has 2 N–H and O–H groups in total. The van der Waals surface area contributed by atoms with Crippen molar-refractivity contribution >= 4 is 46.7 Å². The van der Waals surface area contributed by atoms with Gasteiger partial charge in [0.2, 0.25) is 0 Å². The molecular weight excluding hydrogens is 479 g/mol. The van der Waals surface area contributed by atoms with Crippen LogP contribution < -0.4 is 10.6 Å². The van der Waals surface area contributed by atoms with Crippen molar-refractivity contribution in [3.63, 3.8) is 0 Å². The van der Waals surface area contributed by atoms with E-state index in [2.05, 4.69) is 31.1 Å². The van der Waals surface area contributed by atoms with E-state index < -0.39 is 0 Å². The number of amides is 2. The van der Waals surface area contributed by atoms with Gasteiger partial charge in [-0.3, -0.25) is 5.32 Å². The monoisotopic (exact) mass is 504 g/mol. The zero-order valence-electron chi connectivity index (χ0n) is 18.9. The van der Waals surface area contributed by atoms with E-state index in [-0.39, 0.29) is 11.6 Å². The van der Waals surface area contributed by atoms with Crippen LogP contribution in [0.2, 0.25) is 15.1 Å². The van der Waals surface area contributed by atoms with E-state index in [9.17, 15) is 4.79 Å². The van der Waals surface area contributed by atoms with Crippen molar-refractivity contribution in [2.24, 2.45) is 0 Å². The normalized spacial score (nSPS) is 11.3. The van der Waals surface area contributed by atoms with Gasteiger partial charge in [-0.25, -0.2) is 9.48 Å². The molecular formula is C25H27Cl3N4O. The number of rotatable bonds is 8. The molecule has 33 heavy (non-hydrogen) atoms. The lowest BCUT2D eigenvalue weighted by molar-refractivity contribution is 0.232. The number of halogens is 3. The van der Waals surface area contributed by atoms with Gasteiger partial charge in [-0.2, -0.15) is 0 Å². The highest BCUT2D eigenvalue weighted by Crippen LogP contribution is 2.35. The van der Waals surface area contributed by atoms with Crippen molar-refractivity contribution < 1.29 is 4.79 Å². The van der Waals surface area contributed by atoms with Crippen LogP contribution in [0.4, 0.5) is 10.6 Å². The van der Waals surface area contributed by atoms with Gasteiger partial charge in [-0.15, -0.1) is 11.7 Å². The number of benzene rings is 2. The first-order valence-corrected chi connectivity index (χ1v) is 11.9. The second kappa shape index (κ2) is 10.6. The summed E-state index contributed by atoms with van der Waals surface area (Å²) < 4.78 is 1.71. The van der Waals surface area contributed by atoms with Gasteiger partial charge in [0.05, 0.1) is 16.4 Å². The van der Waals surface area contributed by atoms with Gasteiger partial charge in [0, 0.05) is 26.7 Å². The number of hydrogen-bond donors (Lipinski definition) is 2. The molecule has 0 radical (unpaired) electrons. The Hall–Kier alpha value is -2.47. The van der Waals surface area contributed by atoms with Gasteiger partial charge < -0.3 is 5.32 Å². The summed E-state index contributed by atoms with van der Waals surface area (Å²) in [4.78, 5) is 13.0. The first-order chi connectivity index (χ1) is 15.7. The predicted octanol–water partition coefficient (Wildman–Crippen LogP) is 8.06. The summed E-state index contributed by atoms with van der Waals surface area (Å²) in [5.74, 6) is 0.433. The van der Waals surface area contributed by atoms with Crippen LogP contribution >= 0.6 is 34.8 Å². The molecule has 2 amide bonds. The molecule has 5 nitrogen and oxygen atoms in total. The molecule has 3 rings (SSSR count). The van der Waals surface area contributed by atoms with E-state index in [0.717, 1.165) is 29.7 Å². The molecule has 0 spiro atoms. The highest BCUT2D eigenvalue weighted by atomic mass is 35.5. The van der Waals surface area contributed by atoms with E-state index in [4.69, 9.17) is 39.9 Å². The number of anilines is 1. The third-order valence-electron chi connectivity index (χ3n) is 5.88. The Kier molecular flexibility index (Phi) is 8.11. The van der Waals surface area contributed by atoms with Crippen molar-refractivity contribution in [2.45, 2.75) is 45.6 Å². The average Bonchev–Trinajstić information content (AvgIpc) is 3.09. The molecule has 0 aliphatic rings. The topological polar surface area (TPSA) is 59.0 Å². The number of carbonyl (C=O) groups excluding carboxylic acids is 1. The third-order valence-corrected chi connectivity index (χ3v) is 6.67. The average molecular weight is 506 g/mol. The van der Waals surface area contributed by atoms with Crippen molar-refractivity contribution in [2.75, 3.05) is 5.32 Å². The Morgan fingerprint density at radius 3 is 2.30 bits per heavy atom. The standard InChI is InChI=1S/C25H27Cl3N4O/c1-5-14-25(6-2,7-3)30-24(33)29-23-16(4)22(17-8-10-18(26)11-9-17)32(31-23)21-13-12-19(27)15-20(21)28/h5,8-13,15H,1,6-7,14H2,2-4H3,(H2,29,30,31,33). The maximum Gasteiger partial charge on any atom is 0.320 e. The van der Waals surface area contributed by atoms with Gasteiger partial charge in [0.15, 0.2) is 5.82 Å². The number of nitrogens with one attached hydrogen (secondary N) is 2. The summed E-state index contributed by atoms with van der Waals surface area (Å²) >= 11 is 18.7. The van der Waals surface area contributed by atoms with Crippen LogP contribution in [0.25, 0.3) is 16.9 Å². The first-order valence-electron chi connectivity index (χ1n) is 10.7. The summed E-state index contributed by atoms with van der Waals surface area (Å²) in [6.45, 7) is 9.84. The number of urea groups is 1. The van der Waals surface area contributed by atoms with Crippen molar-refractivity contribution in [1.29, 1.82) is 0 Å². The lowest BCUT2D eigenvalue weighted by atomic mass is 9.89. The number of aromatic nitrogens is 2. The summed E-state index contributed by atoms with van der Waals surface area (Å²) in [5, 5.41) is 12.3. The fourth-order valence-electron chi connectivity index (χ4n) is 3.81. The van der Waals surface area contributed by atoms with Crippen LogP contribution in [-0.2, 0) is 0 Å². The molecule has 0 aliphatic carbocycles. The zero-order chi connectivity index (χ0) is 24.2. The smallest absolute Gasteiger partial charge is 0.320 e. The maximum atomic E-state index is 13.0. The van der Waals surface area contributed by atoms with Crippen LogP contribution in [0, 0.1) is 6.92 Å². The van der Waals surface area contributed by atoms with E-state index in [0.29, 0.717) is 33.0 Å². The Balaban J connectivity index is 2.05. The van der Waals surface area contributed by atoms with E-state index in [1.54, 1.807) is 22.9 Å². The van der Waals surface area contributed by atoms with E-state index >= 15 is 0 Å². The highest BCUT2D eigenvalue weighted by Gasteiger charge is 2.28. The molecule has 1 aromatic heterocycles. The Morgan fingerprint density at radius 1 is 1.09 bits per heavy atom. The molecule has 0 atom stereocenters. The first kappa shape index (κ1) is 25.2. The van der Waals surface area contributed by atoms with Gasteiger partial charge in [0.1, 0.15) is 0 Å². The molecule has 0 saturated carbocycles. The zero-order valence-corrected chi connectivity index (χ0v) is 21.2. The molecule has 174 valence electrons. The minimum absolute atomic E-state index is 0.321. The molecule has 0 aliphatic heterocycles.